The molecule has 2 N–H and O–H groups in total. The quantitative estimate of drug-likeness (QED) is 0.877. The molecule has 0 bridgehead atoms. The molecule has 0 spiro atoms. The highest BCUT2D eigenvalue weighted by Crippen LogP contribution is 2.28. The van der Waals surface area contributed by atoms with Crippen LogP contribution in [0.25, 0.3) is 0 Å². The minimum absolute atomic E-state index is 0.0743. The number of nitrogens with zero attached hydrogens (tertiary/aromatic N) is 1. The van der Waals surface area contributed by atoms with E-state index < -0.39 is 0 Å². The van der Waals surface area contributed by atoms with Crippen molar-refractivity contribution < 1.29 is 9.53 Å². The Morgan fingerprint density at radius 1 is 1.56 bits per heavy atom. The van der Waals surface area contributed by atoms with Gasteiger partial charge in [0.25, 0.3) is 0 Å². The molecule has 0 aliphatic carbocycles. The number of amides is 1. The Kier molecular flexibility index (Phi) is 3.31. The number of carbonyl (C=O) groups is 1. The second-order valence-electron chi connectivity index (χ2n) is 3.63. The maximum absolute atomic E-state index is 11.4. The zero-order chi connectivity index (χ0) is 11.5. The first-order chi connectivity index (χ1) is 7.72. The summed E-state index contributed by atoms with van der Waals surface area (Å²) in [5.41, 5.74) is 6.44. The lowest BCUT2D eigenvalue weighted by Crippen LogP contribution is -2.32. The van der Waals surface area contributed by atoms with Crippen LogP contribution in [-0.4, -0.2) is 30.7 Å². The summed E-state index contributed by atoms with van der Waals surface area (Å²) in [5.74, 6) is 0. The van der Waals surface area contributed by atoms with Crippen LogP contribution in [0, 0.1) is 0 Å². The fourth-order valence-electron chi connectivity index (χ4n) is 1.83. The number of rotatable bonds is 3. The molecule has 1 unspecified atom stereocenters. The predicted molar refractivity (Wildman–Crippen MR) is 61.3 cm³/mol. The number of ether oxygens (including phenoxy) is 1. The van der Waals surface area contributed by atoms with Gasteiger partial charge in [0.05, 0.1) is 6.04 Å². The van der Waals surface area contributed by atoms with Gasteiger partial charge in [0.2, 0.25) is 0 Å². The number of benzene rings is 1. The van der Waals surface area contributed by atoms with Crippen LogP contribution in [0.5, 0.6) is 0 Å². The first-order valence-corrected chi connectivity index (χ1v) is 5.49. The molecular formula is C11H13ClN2O2. The molecule has 16 heavy (non-hydrogen) atoms. The Bertz CT molecular complexity index is 397. The normalized spacial score (nSPS) is 20.0. The molecule has 1 aliphatic heterocycles. The Morgan fingerprint density at radius 2 is 2.38 bits per heavy atom. The van der Waals surface area contributed by atoms with Crippen molar-refractivity contribution in [3.05, 3.63) is 34.9 Å². The highest BCUT2D eigenvalue weighted by molar-refractivity contribution is 6.30. The molecule has 0 saturated carbocycles. The smallest absolute Gasteiger partial charge is 0.410 e. The van der Waals surface area contributed by atoms with Crippen LogP contribution in [0.2, 0.25) is 5.02 Å². The topological polar surface area (TPSA) is 55.6 Å². The minimum Gasteiger partial charge on any atom is -0.447 e. The molecule has 1 aromatic rings. The predicted octanol–water partition coefficient (Wildman–Crippen LogP) is 1.79. The Labute approximate surface area is 98.9 Å². The first kappa shape index (κ1) is 11.2. The SMILES string of the molecule is NCCN1C(=O)OCC1c1cccc(Cl)c1. The molecule has 1 amide bonds. The summed E-state index contributed by atoms with van der Waals surface area (Å²) in [5, 5.41) is 0.657. The van der Waals surface area contributed by atoms with Crippen LogP contribution in [0.3, 0.4) is 0 Å². The standard InChI is InChI=1S/C11H13ClN2O2/c12-9-3-1-2-8(6-9)10-7-16-11(15)14(10)5-4-13/h1-3,6,10H,4-5,7,13H2. The number of cyclic esters (lactones) is 1. The lowest BCUT2D eigenvalue weighted by Gasteiger charge is -2.20. The second kappa shape index (κ2) is 4.72. The first-order valence-electron chi connectivity index (χ1n) is 5.11. The van der Waals surface area contributed by atoms with Gasteiger partial charge in [-0.2, -0.15) is 0 Å². The molecule has 2 rings (SSSR count). The molecule has 1 heterocycles. The summed E-state index contributed by atoms with van der Waals surface area (Å²) in [6.45, 7) is 1.28. The third-order valence-corrected chi connectivity index (χ3v) is 2.81. The van der Waals surface area contributed by atoms with Gasteiger partial charge in [0.1, 0.15) is 6.61 Å². The third kappa shape index (κ3) is 2.13. The highest BCUT2D eigenvalue weighted by atomic mass is 35.5. The number of halogens is 1. The van der Waals surface area contributed by atoms with E-state index in [1.165, 1.54) is 0 Å². The van der Waals surface area contributed by atoms with Gasteiger partial charge < -0.3 is 10.5 Å². The van der Waals surface area contributed by atoms with Crippen LogP contribution in [-0.2, 0) is 4.74 Å². The lowest BCUT2D eigenvalue weighted by molar-refractivity contribution is 0.158. The Morgan fingerprint density at radius 3 is 3.06 bits per heavy atom. The fraction of sp³-hybridized carbons (Fsp3) is 0.364. The van der Waals surface area contributed by atoms with Gasteiger partial charge in [-0.05, 0) is 17.7 Å². The van der Waals surface area contributed by atoms with Crippen LogP contribution in [0.1, 0.15) is 11.6 Å². The number of hydrogen-bond acceptors (Lipinski definition) is 3. The van der Waals surface area contributed by atoms with Crippen molar-refractivity contribution in [3.8, 4) is 0 Å². The van der Waals surface area contributed by atoms with Gasteiger partial charge in [-0.1, -0.05) is 23.7 Å². The number of hydrogen-bond donors (Lipinski definition) is 1. The zero-order valence-electron chi connectivity index (χ0n) is 8.73. The summed E-state index contributed by atoms with van der Waals surface area (Å²) < 4.78 is 5.01. The van der Waals surface area contributed by atoms with Crippen molar-refractivity contribution in [2.75, 3.05) is 19.7 Å². The largest absolute Gasteiger partial charge is 0.447 e. The molecule has 0 aromatic heterocycles. The molecular weight excluding hydrogens is 228 g/mol. The van der Waals surface area contributed by atoms with Gasteiger partial charge in [-0.3, -0.25) is 4.90 Å². The van der Waals surface area contributed by atoms with Crippen molar-refractivity contribution in [2.24, 2.45) is 5.73 Å². The molecule has 86 valence electrons. The molecule has 1 atom stereocenters. The Hall–Kier alpha value is -1.26. The van der Waals surface area contributed by atoms with Crippen molar-refractivity contribution in [2.45, 2.75) is 6.04 Å². The van der Waals surface area contributed by atoms with E-state index in [9.17, 15) is 4.79 Å². The summed E-state index contributed by atoms with van der Waals surface area (Å²) in [4.78, 5) is 13.1. The van der Waals surface area contributed by atoms with E-state index >= 15 is 0 Å². The van der Waals surface area contributed by atoms with Crippen LogP contribution >= 0.6 is 11.6 Å². The molecule has 4 nitrogen and oxygen atoms in total. The van der Waals surface area contributed by atoms with Gasteiger partial charge >= 0.3 is 6.09 Å². The maximum Gasteiger partial charge on any atom is 0.410 e. The maximum atomic E-state index is 11.4. The molecule has 1 aromatic carbocycles. The van der Waals surface area contributed by atoms with Crippen LogP contribution in [0.15, 0.2) is 24.3 Å². The summed E-state index contributed by atoms with van der Waals surface area (Å²) in [6, 6.07) is 7.37. The summed E-state index contributed by atoms with van der Waals surface area (Å²) in [6.07, 6.45) is -0.310. The van der Waals surface area contributed by atoms with Crippen molar-refractivity contribution in [1.29, 1.82) is 0 Å². The average Bonchev–Trinajstić information content (AvgIpc) is 2.61. The molecule has 1 aliphatic rings. The third-order valence-electron chi connectivity index (χ3n) is 2.58. The van der Waals surface area contributed by atoms with E-state index in [0.29, 0.717) is 24.7 Å². The minimum atomic E-state index is -0.310. The van der Waals surface area contributed by atoms with Crippen LogP contribution < -0.4 is 5.73 Å². The van der Waals surface area contributed by atoms with E-state index in [2.05, 4.69) is 0 Å². The van der Waals surface area contributed by atoms with E-state index in [4.69, 9.17) is 22.1 Å². The molecule has 1 fully saturated rings. The van der Waals surface area contributed by atoms with E-state index in [0.717, 1.165) is 5.56 Å². The monoisotopic (exact) mass is 240 g/mol. The van der Waals surface area contributed by atoms with Crippen molar-refractivity contribution in [1.82, 2.24) is 4.90 Å². The van der Waals surface area contributed by atoms with Crippen LogP contribution in [0.4, 0.5) is 4.79 Å². The summed E-state index contributed by atoms with van der Waals surface area (Å²) in [7, 11) is 0. The molecule has 5 heteroatoms. The fourth-order valence-corrected chi connectivity index (χ4v) is 2.03. The van der Waals surface area contributed by atoms with E-state index in [1.807, 2.05) is 18.2 Å². The Balaban J connectivity index is 2.23. The van der Waals surface area contributed by atoms with E-state index in [1.54, 1.807) is 11.0 Å². The number of carbonyl (C=O) groups excluding carboxylic acids is 1. The lowest BCUT2D eigenvalue weighted by atomic mass is 10.1. The van der Waals surface area contributed by atoms with Gasteiger partial charge in [-0.15, -0.1) is 0 Å². The summed E-state index contributed by atoms with van der Waals surface area (Å²) >= 11 is 5.92. The highest BCUT2D eigenvalue weighted by Gasteiger charge is 2.33. The molecule has 1 saturated heterocycles. The van der Waals surface area contributed by atoms with Gasteiger partial charge in [0.15, 0.2) is 0 Å². The van der Waals surface area contributed by atoms with Gasteiger partial charge in [0, 0.05) is 18.1 Å². The van der Waals surface area contributed by atoms with Crippen molar-refractivity contribution >= 4 is 17.7 Å². The van der Waals surface area contributed by atoms with Gasteiger partial charge in [-0.25, -0.2) is 4.79 Å². The van der Waals surface area contributed by atoms with Crippen molar-refractivity contribution in [3.63, 3.8) is 0 Å². The average molecular weight is 241 g/mol. The zero-order valence-corrected chi connectivity index (χ0v) is 9.48. The number of nitrogens with two attached hydrogens (primary N) is 1. The molecule has 0 radical (unpaired) electrons. The van der Waals surface area contributed by atoms with E-state index in [-0.39, 0.29) is 12.1 Å². The second-order valence-corrected chi connectivity index (χ2v) is 4.07.